The fraction of sp³-hybridized carbons (Fsp3) is 0.455. The second-order valence-corrected chi connectivity index (χ2v) is 7.27. The van der Waals surface area contributed by atoms with E-state index in [1.807, 2.05) is 19.9 Å². The van der Waals surface area contributed by atoms with Crippen molar-refractivity contribution in [1.82, 2.24) is 9.88 Å². The highest BCUT2D eigenvalue weighted by molar-refractivity contribution is 5.94. The van der Waals surface area contributed by atoms with E-state index in [0.29, 0.717) is 11.6 Å². The maximum Gasteiger partial charge on any atom is 0.342 e. The molecular formula is C22H29N3O2. The average molecular weight is 367 g/mol. The van der Waals surface area contributed by atoms with Crippen LogP contribution in [-0.4, -0.2) is 47.6 Å². The average Bonchev–Trinajstić information content (AvgIpc) is 3.16. The van der Waals surface area contributed by atoms with E-state index in [1.165, 1.54) is 5.56 Å². The first kappa shape index (κ1) is 19.4. The van der Waals surface area contributed by atoms with Gasteiger partial charge in [0.1, 0.15) is 11.4 Å². The molecule has 27 heavy (non-hydrogen) atoms. The van der Waals surface area contributed by atoms with E-state index >= 15 is 0 Å². The van der Waals surface area contributed by atoms with Crippen molar-refractivity contribution in [3.8, 4) is 0 Å². The fourth-order valence-corrected chi connectivity index (χ4v) is 3.64. The number of carbonyl (C=O) groups excluding carboxylic acids is 1. The molecule has 1 aliphatic rings. The Bertz CT molecular complexity index is 748. The zero-order valence-corrected chi connectivity index (χ0v) is 16.5. The molecule has 0 amide bonds. The largest absolute Gasteiger partial charge is 0.459 e. The highest BCUT2D eigenvalue weighted by Crippen LogP contribution is 2.26. The predicted molar refractivity (Wildman–Crippen MR) is 108 cm³/mol. The molecule has 0 spiro atoms. The summed E-state index contributed by atoms with van der Waals surface area (Å²) in [6.07, 6.45) is 2.67. The third-order valence-electron chi connectivity index (χ3n) is 4.96. The van der Waals surface area contributed by atoms with Crippen LogP contribution in [0.3, 0.4) is 0 Å². The Balaban J connectivity index is 1.71. The van der Waals surface area contributed by atoms with Crippen molar-refractivity contribution in [3.63, 3.8) is 0 Å². The number of esters is 1. The number of hydrogen-bond donors (Lipinski definition) is 0. The van der Waals surface area contributed by atoms with Crippen molar-refractivity contribution >= 4 is 11.8 Å². The lowest BCUT2D eigenvalue weighted by atomic mass is 10.1. The zero-order chi connectivity index (χ0) is 19.2. The Morgan fingerprint density at radius 1 is 1.26 bits per heavy atom. The van der Waals surface area contributed by atoms with Crippen LogP contribution < -0.4 is 4.90 Å². The lowest BCUT2D eigenvalue weighted by molar-refractivity contribution is 0.0378. The number of anilines is 1. The predicted octanol–water partition coefficient (Wildman–Crippen LogP) is 3.75. The third kappa shape index (κ3) is 4.86. The van der Waals surface area contributed by atoms with E-state index in [-0.39, 0.29) is 12.1 Å². The summed E-state index contributed by atoms with van der Waals surface area (Å²) in [6.45, 7) is 9.65. The Kier molecular flexibility index (Phi) is 6.45. The molecule has 3 rings (SSSR count). The van der Waals surface area contributed by atoms with Gasteiger partial charge in [-0.3, -0.25) is 4.90 Å². The molecule has 2 aromatic rings. The number of pyridine rings is 1. The molecule has 0 radical (unpaired) electrons. The molecule has 144 valence electrons. The van der Waals surface area contributed by atoms with Crippen LogP contribution in [0.2, 0.25) is 0 Å². The quantitative estimate of drug-likeness (QED) is 0.698. The summed E-state index contributed by atoms with van der Waals surface area (Å²) in [5, 5.41) is 0. The van der Waals surface area contributed by atoms with E-state index in [0.717, 1.165) is 38.4 Å². The second-order valence-electron chi connectivity index (χ2n) is 7.27. The van der Waals surface area contributed by atoms with Crippen molar-refractivity contribution in [2.75, 3.05) is 24.5 Å². The van der Waals surface area contributed by atoms with Gasteiger partial charge in [0, 0.05) is 31.9 Å². The number of nitrogens with zero attached hydrogens (tertiary/aromatic N) is 3. The van der Waals surface area contributed by atoms with E-state index in [2.05, 4.69) is 52.0 Å². The van der Waals surface area contributed by atoms with Crippen molar-refractivity contribution in [1.29, 1.82) is 0 Å². The highest BCUT2D eigenvalue weighted by atomic mass is 16.5. The standard InChI is InChI=1S/C22H29N3O2/c1-4-24(15-18-9-6-5-7-10-18)19-12-14-25(16-19)21-20(11-8-13-23-21)22(26)27-17(2)3/h5-11,13,17,19H,4,12,14-16H2,1-3H3. The van der Waals surface area contributed by atoms with Crippen LogP contribution in [0.4, 0.5) is 5.82 Å². The minimum absolute atomic E-state index is 0.140. The topological polar surface area (TPSA) is 45.7 Å². The highest BCUT2D eigenvalue weighted by Gasteiger charge is 2.30. The summed E-state index contributed by atoms with van der Waals surface area (Å²) < 4.78 is 5.39. The van der Waals surface area contributed by atoms with E-state index in [9.17, 15) is 4.79 Å². The number of likely N-dealkylation sites (N-methyl/N-ethyl adjacent to an activating group) is 1. The summed E-state index contributed by atoms with van der Waals surface area (Å²) in [4.78, 5) is 21.7. The first-order chi connectivity index (χ1) is 13.1. The van der Waals surface area contributed by atoms with Crippen LogP contribution in [-0.2, 0) is 11.3 Å². The Morgan fingerprint density at radius 3 is 2.74 bits per heavy atom. The van der Waals surface area contributed by atoms with Gasteiger partial charge >= 0.3 is 5.97 Å². The van der Waals surface area contributed by atoms with E-state index in [4.69, 9.17) is 4.74 Å². The first-order valence-corrected chi connectivity index (χ1v) is 9.77. The number of benzene rings is 1. The molecule has 0 saturated carbocycles. The first-order valence-electron chi connectivity index (χ1n) is 9.77. The molecule has 1 aliphatic heterocycles. The molecule has 5 nitrogen and oxygen atoms in total. The van der Waals surface area contributed by atoms with Crippen LogP contribution in [0.5, 0.6) is 0 Å². The number of carbonyl (C=O) groups is 1. The third-order valence-corrected chi connectivity index (χ3v) is 4.96. The number of aromatic nitrogens is 1. The summed E-state index contributed by atoms with van der Waals surface area (Å²) in [5.41, 5.74) is 1.88. The molecule has 0 aliphatic carbocycles. The van der Waals surface area contributed by atoms with Gasteiger partial charge in [0.05, 0.1) is 6.10 Å². The molecule has 1 aromatic heterocycles. The Morgan fingerprint density at radius 2 is 2.04 bits per heavy atom. The lowest BCUT2D eigenvalue weighted by Crippen LogP contribution is -2.37. The summed E-state index contributed by atoms with van der Waals surface area (Å²) >= 11 is 0. The zero-order valence-electron chi connectivity index (χ0n) is 16.5. The molecule has 5 heteroatoms. The van der Waals surface area contributed by atoms with E-state index < -0.39 is 0 Å². The summed E-state index contributed by atoms with van der Waals surface area (Å²) in [6, 6.07) is 14.6. The van der Waals surface area contributed by atoms with Gasteiger partial charge in [-0.1, -0.05) is 37.3 Å². The molecule has 1 atom stereocenters. The van der Waals surface area contributed by atoms with Gasteiger partial charge in [-0.15, -0.1) is 0 Å². The molecular weight excluding hydrogens is 338 g/mol. The summed E-state index contributed by atoms with van der Waals surface area (Å²) in [5.74, 6) is 0.439. The normalized spacial score (nSPS) is 16.9. The SMILES string of the molecule is CCN(Cc1ccccc1)C1CCN(c2ncccc2C(=O)OC(C)C)C1. The van der Waals surface area contributed by atoms with Crippen LogP contribution in [0.15, 0.2) is 48.7 Å². The van der Waals surface area contributed by atoms with Crippen molar-refractivity contribution in [2.45, 2.75) is 45.9 Å². The van der Waals surface area contributed by atoms with Crippen LogP contribution in [0.1, 0.15) is 43.1 Å². The van der Waals surface area contributed by atoms with E-state index in [1.54, 1.807) is 12.3 Å². The van der Waals surface area contributed by atoms with Crippen molar-refractivity contribution < 1.29 is 9.53 Å². The van der Waals surface area contributed by atoms with Crippen molar-refractivity contribution in [3.05, 3.63) is 59.8 Å². The monoisotopic (exact) mass is 367 g/mol. The smallest absolute Gasteiger partial charge is 0.342 e. The van der Waals surface area contributed by atoms with Gasteiger partial charge in [-0.2, -0.15) is 0 Å². The van der Waals surface area contributed by atoms with Gasteiger partial charge < -0.3 is 9.64 Å². The van der Waals surface area contributed by atoms with Crippen LogP contribution in [0.25, 0.3) is 0 Å². The molecule has 0 bridgehead atoms. The number of ether oxygens (including phenoxy) is 1. The molecule has 2 heterocycles. The van der Waals surface area contributed by atoms with Crippen LogP contribution in [0, 0.1) is 0 Å². The second kappa shape index (κ2) is 9.00. The van der Waals surface area contributed by atoms with Gasteiger partial charge in [-0.05, 0) is 44.5 Å². The minimum Gasteiger partial charge on any atom is -0.459 e. The van der Waals surface area contributed by atoms with Gasteiger partial charge in [0.25, 0.3) is 0 Å². The molecule has 1 fully saturated rings. The number of hydrogen-bond acceptors (Lipinski definition) is 5. The van der Waals surface area contributed by atoms with Gasteiger partial charge in [-0.25, -0.2) is 9.78 Å². The molecule has 0 N–H and O–H groups in total. The van der Waals surface area contributed by atoms with Crippen molar-refractivity contribution in [2.24, 2.45) is 0 Å². The lowest BCUT2D eigenvalue weighted by Gasteiger charge is -2.28. The fourth-order valence-electron chi connectivity index (χ4n) is 3.64. The van der Waals surface area contributed by atoms with Gasteiger partial charge in [0.2, 0.25) is 0 Å². The maximum atomic E-state index is 12.4. The van der Waals surface area contributed by atoms with Gasteiger partial charge in [0.15, 0.2) is 0 Å². The van der Waals surface area contributed by atoms with Crippen LogP contribution >= 0.6 is 0 Å². The minimum atomic E-state index is -0.298. The molecule has 1 unspecified atom stereocenters. The Hall–Kier alpha value is -2.40. The maximum absolute atomic E-state index is 12.4. The number of rotatable bonds is 7. The summed E-state index contributed by atoms with van der Waals surface area (Å²) in [7, 11) is 0. The Labute approximate surface area is 162 Å². The molecule has 1 saturated heterocycles. The molecule has 1 aromatic carbocycles.